The normalized spacial score (nSPS) is 11.1. The Balaban J connectivity index is 1.82. The van der Waals surface area contributed by atoms with Gasteiger partial charge in [0.25, 0.3) is 0 Å². The zero-order chi connectivity index (χ0) is 17.3. The molecule has 26 heavy (non-hydrogen) atoms. The Bertz CT molecular complexity index is 1110. The molecule has 0 aliphatic rings. The van der Waals surface area contributed by atoms with Crippen molar-refractivity contribution < 1.29 is 4.98 Å². The molecule has 0 bridgehead atoms. The molecule has 1 heteroatoms. The van der Waals surface area contributed by atoms with Crippen LogP contribution >= 0.6 is 0 Å². The number of nitrogens with one attached hydrogen (secondary N) is 1. The number of aromatic amines is 1. The first-order valence-corrected chi connectivity index (χ1v) is 8.89. The Hall–Kier alpha value is -3.45. The minimum absolute atomic E-state index is 1.16. The minimum Gasteiger partial charge on any atom is -0.211 e. The van der Waals surface area contributed by atoms with Gasteiger partial charge in [0.15, 0.2) is 6.20 Å². The van der Waals surface area contributed by atoms with Crippen molar-refractivity contribution in [3.63, 3.8) is 0 Å². The summed E-state index contributed by atoms with van der Waals surface area (Å²) in [6.45, 7) is 0. The van der Waals surface area contributed by atoms with Crippen molar-refractivity contribution in [2.75, 3.05) is 0 Å². The van der Waals surface area contributed by atoms with Crippen LogP contribution < -0.4 is 4.98 Å². The summed E-state index contributed by atoms with van der Waals surface area (Å²) in [6.07, 6.45) is 2.04. The SMILES string of the molecule is c1ccc(-c2cccc3c2ccc2c(-c4ccccc4)[nH+]ccc23)cc1. The monoisotopic (exact) mass is 332 g/mol. The molecule has 5 aromatic rings. The number of hydrogen-bond donors (Lipinski definition) is 0. The molecule has 5 rings (SSSR count). The number of hydrogen-bond acceptors (Lipinski definition) is 0. The van der Waals surface area contributed by atoms with Crippen molar-refractivity contribution in [3.8, 4) is 22.4 Å². The predicted octanol–water partition coefficient (Wildman–Crippen LogP) is 6.14. The molecular weight excluding hydrogens is 314 g/mol. The van der Waals surface area contributed by atoms with Gasteiger partial charge in [-0.2, -0.15) is 0 Å². The van der Waals surface area contributed by atoms with Crippen LogP contribution in [0, 0.1) is 0 Å². The van der Waals surface area contributed by atoms with Gasteiger partial charge in [-0.3, -0.25) is 0 Å². The van der Waals surface area contributed by atoms with E-state index in [0.717, 1.165) is 5.69 Å². The van der Waals surface area contributed by atoms with E-state index < -0.39 is 0 Å². The van der Waals surface area contributed by atoms with Gasteiger partial charge in [0.05, 0.1) is 5.39 Å². The van der Waals surface area contributed by atoms with Gasteiger partial charge in [0, 0.05) is 17.0 Å². The summed E-state index contributed by atoms with van der Waals surface area (Å²) in [5, 5.41) is 5.10. The maximum Gasteiger partial charge on any atom is 0.218 e. The molecule has 0 aliphatic heterocycles. The van der Waals surface area contributed by atoms with Crippen molar-refractivity contribution in [1.82, 2.24) is 0 Å². The van der Waals surface area contributed by atoms with Crippen LogP contribution in [0.1, 0.15) is 0 Å². The lowest BCUT2D eigenvalue weighted by Crippen LogP contribution is -2.06. The van der Waals surface area contributed by atoms with Gasteiger partial charge in [0.1, 0.15) is 0 Å². The van der Waals surface area contributed by atoms with E-state index >= 15 is 0 Å². The fourth-order valence-electron chi connectivity index (χ4n) is 3.78. The van der Waals surface area contributed by atoms with E-state index in [2.05, 4.69) is 102 Å². The highest BCUT2D eigenvalue weighted by Gasteiger charge is 2.13. The molecule has 0 amide bonds. The Labute approximate surface area is 152 Å². The number of benzene rings is 4. The summed E-state index contributed by atoms with van der Waals surface area (Å²) >= 11 is 0. The molecule has 0 spiro atoms. The van der Waals surface area contributed by atoms with Gasteiger partial charge in [-0.25, -0.2) is 4.98 Å². The van der Waals surface area contributed by atoms with E-state index in [9.17, 15) is 0 Å². The number of aromatic nitrogens is 1. The van der Waals surface area contributed by atoms with E-state index in [1.807, 2.05) is 6.20 Å². The maximum absolute atomic E-state index is 3.44. The quantitative estimate of drug-likeness (QED) is 0.345. The van der Waals surface area contributed by atoms with Crippen LogP contribution in [0.3, 0.4) is 0 Å². The van der Waals surface area contributed by atoms with Crippen molar-refractivity contribution in [3.05, 3.63) is 103 Å². The van der Waals surface area contributed by atoms with Crippen LogP contribution in [0.2, 0.25) is 0 Å². The highest BCUT2D eigenvalue weighted by molar-refractivity contribution is 6.14. The first kappa shape index (κ1) is 14.9. The van der Waals surface area contributed by atoms with Gasteiger partial charge in [-0.15, -0.1) is 0 Å². The molecule has 1 N–H and O–H groups in total. The minimum atomic E-state index is 1.16. The summed E-state index contributed by atoms with van der Waals surface area (Å²) in [6, 6.07) is 34.4. The largest absolute Gasteiger partial charge is 0.218 e. The van der Waals surface area contributed by atoms with Crippen LogP contribution in [-0.2, 0) is 0 Å². The smallest absolute Gasteiger partial charge is 0.211 e. The summed E-state index contributed by atoms with van der Waals surface area (Å²) in [7, 11) is 0. The third-order valence-corrected chi connectivity index (χ3v) is 5.00. The van der Waals surface area contributed by atoms with Gasteiger partial charge in [-0.1, -0.05) is 72.8 Å². The Morgan fingerprint density at radius 3 is 1.85 bits per heavy atom. The summed E-state index contributed by atoms with van der Waals surface area (Å²) < 4.78 is 0. The lowest BCUT2D eigenvalue weighted by molar-refractivity contribution is -0.362. The van der Waals surface area contributed by atoms with E-state index in [1.54, 1.807) is 0 Å². The van der Waals surface area contributed by atoms with Gasteiger partial charge >= 0.3 is 0 Å². The topological polar surface area (TPSA) is 14.1 Å². The van der Waals surface area contributed by atoms with E-state index in [0.29, 0.717) is 0 Å². The Morgan fingerprint density at radius 1 is 0.423 bits per heavy atom. The van der Waals surface area contributed by atoms with Crippen LogP contribution in [0.4, 0.5) is 0 Å². The predicted molar refractivity (Wildman–Crippen MR) is 109 cm³/mol. The second kappa shape index (κ2) is 6.12. The molecule has 0 saturated heterocycles. The van der Waals surface area contributed by atoms with Crippen LogP contribution in [0.5, 0.6) is 0 Å². The summed E-state index contributed by atoms with van der Waals surface area (Å²) in [5.41, 5.74) is 4.90. The van der Waals surface area contributed by atoms with Crippen molar-refractivity contribution in [1.29, 1.82) is 0 Å². The second-order valence-corrected chi connectivity index (χ2v) is 6.51. The molecule has 0 radical (unpaired) electrons. The number of H-pyrrole nitrogens is 1. The average molecular weight is 332 g/mol. The first-order chi connectivity index (χ1) is 12.9. The highest BCUT2D eigenvalue weighted by atomic mass is 14.7. The van der Waals surface area contributed by atoms with E-state index in [1.165, 1.54) is 38.2 Å². The first-order valence-electron chi connectivity index (χ1n) is 8.89. The van der Waals surface area contributed by atoms with Crippen LogP contribution in [0.15, 0.2) is 103 Å². The summed E-state index contributed by atoms with van der Waals surface area (Å²) in [5.74, 6) is 0. The highest BCUT2D eigenvalue weighted by Crippen LogP contribution is 2.35. The number of pyridine rings is 1. The lowest BCUT2D eigenvalue weighted by atomic mass is 9.94. The fraction of sp³-hybridized carbons (Fsp3) is 0. The Kier molecular flexibility index (Phi) is 3.50. The Morgan fingerprint density at radius 2 is 1.08 bits per heavy atom. The van der Waals surface area contributed by atoms with Gasteiger partial charge < -0.3 is 0 Å². The summed E-state index contributed by atoms with van der Waals surface area (Å²) in [4.78, 5) is 3.44. The molecule has 122 valence electrons. The average Bonchev–Trinajstić information content (AvgIpc) is 2.74. The third kappa shape index (κ3) is 2.37. The molecule has 0 saturated carbocycles. The van der Waals surface area contributed by atoms with Crippen molar-refractivity contribution in [2.24, 2.45) is 0 Å². The third-order valence-electron chi connectivity index (χ3n) is 5.00. The maximum atomic E-state index is 3.44. The molecular formula is C25H18N+. The molecule has 0 fully saturated rings. The number of fused-ring (bicyclic) bond motifs is 3. The van der Waals surface area contributed by atoms with Crippen molar-refractivity contribution >= 4 is 21.5 Å². The second-order valence-electron chi connectivity index (χ2n) is 6.51. The fourth-order valence-corrected chi connectivity index (χ4v) is 3.78. The van der Waals surface area contributed by atoms with Crippen LogP contribution in [-0.4, -0.2) is 0 Å². The van der Waals surface area contributed by atoms with Crippen molar-refractivity contribution in [2.45, 2.75) is 0 Å². The zero-order valence-electron chi connectivity index (χ0n) is 14.3. The van der Waals surface area contributed by atoms with Gasteiger partial charge in [-0.05, 0) is 40.1 Å². The standard InChI is InChI=1S/C25H17N/c1-3-8-18(9-4-1)20-12-7-13-21-22(20)14-15-24-23(21)16-17-26-25(24)19-10-5-2-6-11-19/h1-17H/p+1. The molecule has 4 aromatic carbocycles. The van der Waals surface area contributed by atoms with Crippen LogP contribution in [0.25, 0.3) is 43.9 Å². The van der Waals surface area contributed by atoms with E-state index in [4.69, 9.17) is 0 Å². The molecule has 1 aromatic heterocycles. The molecule has 1 nitrogen and oxygen atoms in total. The molecule has 0 unspecified atom stereocenters. The van der Waals surface area contributed by atoms with Gasteiger partial charge in [0.2, 0.25) is 5.69 Å². The zero-order valence-corrected chi connectivity index (χ0v) is 14.3. The van der Waals surface area contributed by atoms with E-state index in [-0.39, 0.29) is 0 Å². The molecule has 0 aliphatic carbocycles. The number of rotatable bonds is 2. The molecule has 1 heterocycles. The lowest BCUT2D eigenvalue weighted by Gasteiger charge is -2.10. The molecule has 0 atom stereocenters.